The van der Waals surface area contributed by atoms with Gasteiger partial charge in [-0.05, 0) is 41.7 Å². The lowest BCUT2D eigenvalue weighted by atomic mass is 9.98. The summed E-state index contributed by atoms with van der Waals surface area (Å²) in [5.41, 5.74) is 1.22. The minimum atomic E-state index is -0.0172. The Hall–Kier alpha value is -0.870. The van der Waals surface area contributed by atoms with Gasteiger partial charge in [-0.15, -0.1) is 0 Å². The third kappa shape index (κ3) is 2.91. The van der Waals surface area contributed by atoms with E-state index in [0.717, 1.165) is 19.3 Å². The Morgan fingerprint density at radius 3 is 2.70 bits per heavy atom. The number of amides is 1. The van der Waals surface area contributed by atoms with Gasteiger partial charge in [0.15, 0.2) is 0 Å². The van der Waals surface area contributed by atoms with Gasteiger partial charge in [0.2, 0.25) is 5.91 Å². The Labute approximate surface area is 126 Å². The summed E-state index contributed by atoms with van der Waals surface area (Å²) in [7, 11) is 0. The monoisotopic (exact) mass is 294 g/mol. The normalized spacial score (nSPS) is 26.0. The van der Waals surface area contributed by atoms with Gasteiger partial charge in [0.1, 0.15) is 6.17 Å². The van der Waals surface area contributed by atoms with E-state index in [1.165, 1.54) is 5.56 Å². The molecular formula is C16H26N2OS. The summed E-state index contributed by atoms with van der Waals surface area (Å²) < 4.78 is 0. The van der Waals surface area contributed by atoms with E-state index in [2.05, 4.69) is 54.7 Å². The lowest BCUT2D eigenvalue weighted by molar-refractivity contribution is -0.133. The molecule has 1 aromatic rings. The maximum Gasteiger partial charge on any atom is 0.241 e. The molecule has 3 nitrogen and oxygen atoms in total. The number of carbonyl (C=O) groups excluding carboxylic acids is 1. The topological polar surface area (TPSA) is 32.3 Å². The molecule has 0 spiro atoms. The fraction of sp³-hybridized carbons (Fsp3) is 0.688. The zero-order valence-electron chi connectivity index (χ0n) is 12.9. The first kappa shape index (κ1) is 15.5. The minimum absolute atomic E-state index is 0.0172. The number of nitrogens with one attached hydrogen (secondary N) is 1. The molecule has 1 fully saturated rings. The predicted octanol–water partition coefficient (Wildman–Crippen LogP) is 3.78. The van der Waals surface area contributed by atoms with Crippen molar-refractivity contribution in [1.29, 1.82) is 0 Å². The fourth-order valence-corrected chi connectivity index (χ4v) is 3.56. The zero-order chi connectivity index (χ0) is 14.7. The summed E-state index contributed by atoms with van der Waals surface area (Å²) in [4.78, 5) is 14.8. The van der Waals surface area contributed by atoms with Crippen LogP contribution >= 0.6 is 11.3 Å². The first-order valence-electron chi connectivity index (χ1n) is 7.70. The Kier molecular flexibility index (Phi) is 5.22. The molecule has 1 amide bonds. The van der Waals surface area contributed by atoms with Crippen LogP contribution in [0.3, 0.4) is 0 Å². The molecule has 20 heavy (non-hydrogen) atoms. The highest BCUT2D eigenvalue weighted by Gasteiger charge is 2.42. The largest absolute Gasteiger partial charge is 0.319 e. The molecule has 112 valence electrons. The van der Waals surface area contributed by atoms with Gasteiger partial charge in [0, 0.05) is 6.04 Å². The highest BCUT2D eigenvalue weighted by Crippen LogP contribution is 2.32. The van der Waals surface area contributed by atoms with Gasteiger partial charge in [-0.2, -0.15) is 11.3 Å². The van der Waals surface area contributed by atoms with Crippen molar-refractivity contribution >= 4 is 17.2 Å². The smallest absolute Gasteiger partial charge is 0.241 e. The van der Waals surface area contributed by atoms with Crippen LogP contribution in [-0.4, -0.2) is 22.9 Å². The quantitative estimate of drug-likeness (QED) is 0.866. The number of hydrogen-bond donors (Lipinski definition) is 1. The van der Waals surface area contributed by atoms with Crippen molar-refractivity contribution in [2.75, 3.05) is 0 Å². The van der Waals surface area contributed by atoms with Crippen molar-refractivity contribution < 1.29 is 4.79 Å². The Morgan fingerprint density at radius 2 is 2.15 bits per heavy atom. The first-order chi connectivity index (χ1) is 9.60. The molecule has 2 rings (SSSR count). The average Bonchev–Trinajstić information content (AvgIpc) is 3.06. The molecule has 0 bridgehead atoms. The van der Waals surface area contributed by atoms with E-state index < -0.39 is 0 Å². The molecule has 1 aromatic heterocycles. The maximum atomic E-state index is 12.7. The molecule has 4 heteroatoms. The number of carbonyl (C=O) groups is 1. The van der Waals surface area contributed by atoms with Crippen molar-refractivity contribution in [1.82, 2.24) is 10.2 Å². The summed E-state index contributed by atoms with van der Waals surface area (Å²) in [6.07, 6.45) is 3.10. The molecule has 0 radical (unpaired) electrons. The second-order valence-corrected chi connectivity index (χ2v) is 6.62. The van der Waals surface area contributed by atoms with Crippen molar-refractivity contribution in [3.63, 3.8) is 0 Å². The van der Waals surface area contributed by atoms with Gasteiger partial charge >= 0.3 is 0 Å². The van der Waals surface area contributed by atoms with Crippen molar-refractivity contribution in [2.24, 2.45) is 5.92 Å². The molecule has 1 aliphatic heterocycles. The van der Waals surface area contributed by atoms with Crippen LogP contribution in [0.25, 0.3) is 0 Å². The lowest BCUT2D eigenvalue weighted by Gasteiger charge is -2.33. The molecule has 1 aliphatic rings. The van der Waals surface area contributed by atoms with Crippen LogP contribution < -0.4 is 5.32 Å². The highest BCUT2D eigenvalue weighted by molar-refractivity contribution is 7.07. The summed E-state index contributed by atoms with van der Waals surface area (Å²) in [5.74, 6) is 0.790. The molecule has 1 saturated heterocycles. The fourth-order valence-electron chi connectivity index (χ4n) is 2.88. The number of hydrogen-bond acceptors (Lipinski definition) is 3. The summed E-state index contributed by atoms with van der Waals surface area (Å²) in [6.45, 7) is 8.74. The van der Waals surface area contributed by atoms with E-state index in [0.29, 0.717) is 5.92 Å². The molecule has 4 unspecified atom stereocenters. The number of rotatable bonds is 6. The maximum absolute atomic E-state index is 12.7. The second kappa shape index (κ2) is 6.72. The molecule has 4 atom stereocenters. The van der Waals surface area contributed by atoms with E-state index >= 15 is 0 Å². The third-order valence-corrected chi connectivity index (χ3v) is 5.23. The lowest BCUT2D eigenvalue weighted by Crippen LogP contribution is -2.41. The molecule has 0 aliphatic carbocycles. The van der Waals surface area contributed by atoms with Gasteiger partial charge in [-0.1, -0.05) is 33.6 Å². The van der Waals surface area contributed by atoms with Crippen LogP contribution in [-0.2, 0) is 4.79 Å². The van der Waals surface area contributed by atoms with Crippen molar-refractivity contribution in [3.05, 3.63) is 22.4 Å². The van der Waals surface area contributed by atoms with Crippen LogP contribution in [0.5, 0.6) is 0 Å². The van der Waals surface area contributed by atoms with Crippen LogP contribution in [0.4, 0.5) is 0 Å². The van der Waals surface area contributed by atoms with E-state index in [-0.39, 0.29) is 24.2 Å². The van der Waals surface area contributed by atoms with Crippen LogP contribution in [0.2, 0.25) is 0 Å². The first-order valence-corrected chi connectivity index (χ1v) is 8.64. The Morgan fingerprint density at radius 1 is 1.40 bits per heavy atom. The van der Waals surface area contributed by atoms with Crippen LogP contribution in [0, 0.1) is 5.92 Å². The Balaban J connectivity index is 2.25. The minimum Gasteiger partial charge on any atom is -0.319 e. The van der Waals surface area contributed by atoms with Gasteiger partial charge in [0.05, 0.1) is 6.04 Å². The van der Waals surface area contributed by atoms with Gasteiger partial charge < -0.3 is 4.90 Å². The zero-order valence-corrected chi connectivity index (χ0v) is 13.7. The van der Waals surface area contributed by atoms with E-state index in [9.17, 15) is 4.79 Å². The Bertz CT molecular complexity index is 432. The van der Waals surface area contributed by atoms with Gasteiger partial charge in [-0.25, -0.2) is 0 Å². The van der Waals surface area contributed by atoms with Crippen molar-refractivity contribution in [3.8, 4) is 0 Å². The predicted molar refractivity (Wildman–Crippen MR) is 84.7 cm³/mol. The number of thiophene rings is 1. The van der Waals surface area contributed by atoms with E-state index in [4.69, 9.17) is 0 Å². The molecule has 1 N–H and O–H groups in total. The van der Waals surface area contributed by atoms with Crippen LogP contribution in [0.15, 0.2) is 16.8 Å². The summed E-state index contributed by atoms with van der Waals surface area (Å²) in [6, 6.07) is 2.38. The average molecular weight is 294 g/mol. The standard InChI is InChI=1S/C16H26N2OS/c1-5-7-14-16(19)18(12(4)11(3)6-2)15(17-14)13-8-9-20-10-13/h8-12,14-15,17H,5-7H2,1-4H3. The van der Waals surface area contributed by atoms with Gasteiger partial charge in [-0.3, -0.25) is 10.1 Å². The SMILES string of the molecule is CCCC1NC(c2ccsc2)N(C(C)C(C)CC)C1=O. The van der Waals surface area contributed by atoms with Crippen molar-refractivity contribution in [2.45, 2.75) is 65.2 Å². The molecular weight excluding hydrogens is 268 g/mol. The third-order valence-electron chi connectivity index (χ3n) is 4.53. The number of nitrogens with zero attached hydrogens (tertiary/aromatic N) is 1. The summed E-state index contributed by atoms with van der Waals surface area (Å²) >= 11 is 1.69. The van der Waals surface area contributed by atoms with Crippen LogP contribution in [0.1, 0.15) is 58.7 Å². The van der Waals surface area contributed by atoms with E-state index in [1.807, 2.05) is 0 Å². The van der Waals surface area contributed by atoms with E-state index in [1.54, 1.807) is 11.3 Å². The second-order valence-electron chi connectivity index (χ2n) is 5.84. The summed E-state index contributed by atoms with van der Waals surface area (Å²) in [5, 5.41) is 7.77. The van der Waals surface area contributed by atoms with Gasteiger partial charge in [0.25, 0.3) is 0 Å². The molecule has 0 aromatic carbocycles. The molecule has 0 saturated carbocycles. The molecule has 2 heterocycles. The highest BCUT2D eigenvalue weighted by atomic mass is 32.1.